The number of halogens is 2. The zero-order valence-electron chi connectivity index (χ0n) is 20.2. The van der Waals surface area contributed by atoms with Crippen LogP contribution in [0, 0.1) is 18.4 Å². The van der Waals surface area contributed by atoms with Crippen molar-refractivity contribution in [2.45, 2.75) is 38.8 Å². The van der Waals surface area contributed by atoms with Gasteiger partial charge in [0.1, 0.15) is 17.4 Å². The number of aryl methyl sites for hydroxylation is 1. The number of nitriles is 1. The van der Waals surface area contributed by atoms with Crippen LogP contribution in [-0.2, 0) is 16.1 Å². The lowest BCUT2D eigenvalue weighted by Gasteiger charge is -2.23. The van der Waals surface area contributed by atoms with Crippen LogP contribution in [0.1, 0.15) is 30.6 Å². The summed E-state index contributed by atoms with van der Waals surface area (Å²) in [5.74, 6) is 0.363. The molecule has 1 saturated heterocycles. The van der Waals surface area contributed by atoms with E-state index < -0.39 is 6.04 Å². The van der Waals surface area contributed by atoms with E-state index in [2.05, 4.69) is 20.9 Å². The molecule has 1 fully saturated rings. The van der Waals surface area contributed by atoms with Crippen LogP contribution >= 0.6 is 23.2 Å². The Bertz CT molecular complexity index is 1380. The van der Waals surface area contributed by atoms with Crippen LogP contribution in [0.2, 0.25) is 10.0 Å². The van der Waals surface area contributed by atoms with E-state index in [1.165, 1.54) is 4.90 Å². The minimum Gasteiger partial charge on any atom is -0.461 e. The summed E-state index contributed by atoms with van der Waals surface area (Å²) < 4.78 is 5.60. The minimum atomic E-state index is -0.735. The second-order valence-corrected chi connectivity index (χ2v) is 9.50. The topological polar surface area (TPSA) is 123 Å². The van der Waals surface area contributed by atoms with Gasteiger partial charge < -0.3 is 20.0 Å². The summed E-state index contributed by atoms with van der Waals surface area (Å²) in [4.78, 5) is 31.9. The molecule has 1 aromatic heterocycles. The number of nitrogens with one attached hydrogen (secondary N) is 3. The molecule has 3 N–H and O–H groups in total. The predicted octanol–water partition coefficient (Wildman–Crippen LogP) is 4.58. The minimum absolute atomic E-state index is 0.103. The number of aliphatic imine (C=N–C) groups is 1. The molecule has 2 amide bonds. The molecule has 1 unspecified atom stereocenters. The number of carbonyl (C=O) groups is 2. The third kappa shape index (κ3) is 6.73. The Balaban J connectivity index is 1.43. The maximum absolute atomic E-state index is 13.3. The van der Waals surface area contributed by atoms with Gasteiger partial charge in [0.15, 0.2) is 6.19 Å². The Kier molecular flexibility index (Phi) is 8.54. The van der Waals surface area contributed by atoms with Crippen molar-refractivity contribution in [3.8, 4) is 6.19 Å². The van der Waals surface area contributed by atoms with Crippen LogP contribution in [0.3, 0.4) is 0 Å². The highest BCUT2D eigenvalue weighted by molar-refractivity contribution is 6.42. The molecule has 1 aliphatic heterocycles. The van der Waals surface area contributed by atoms with Crippen LogP contribution in [0.5, 0.6) is 0 Å². The van der Waals surface area contributed by atoms with E-state index in [1.54, 1.807) is 24.3 Å². The first kappa shape index (κ1) is 26.3. The number of likely N-dealkylation sites (tertiary alicyclic amines) is 1. The predicted molar refractivity (Wildman–Crippen MR) is 143 cm³/mol. The monoisotopic (exact) mass is 540 g/mol. The lowest BCUT2D eigenvalue weighted by Crippen LogP contribution is -2.44. The molecule has 11 heteroatoms. The molecule has 0 spiro atoms. The van der Waals surface area contributed by atoms with Gasteiger partial charge in [-0.2, -0.15) is 5.26 Å². The molecule has 4 rings (SSSR count). The molecule has 2 aromatic carbocycles. The van der Waals surface area contributed by atoms with Crippen molar-refractivity contribution >= 4 is 57.6 Å². The van der Waals surface area contributed by atoms with Crippen LogP contribution in [-0.4, -0.2) is 41.8 Å². The van der Waals surface area contributed by atoms with Crippen LogP contribution in [0.25, 0.3) is 11.0 Å². The van der Waals surface area contributed by atoms with Crippen molar-refractivity contribution in [1.29, 1.82) is 5.26 Å². The van der Waals surface area contributed by atoms with Gasteiger partial charge in [-0.05, 0) is 62.1 Å². The molecule has 1 aliphatic rings. The van der Waals surface area contributed by atoms with Crippen molar-refractivity contribution in [2.24, 2.45) is 4.99 Å². The van der Waals surface area contributed by atoms with E-state index >= 15 is 0 Å². The van der Waals surface area contributed by atoms with Crippen molar-refractivity contribution in [3.05, 3.63) is 63.8 Å². The van der Waals surface area contributed by atoms with Crippen LogP contribution in [0.15, 0.2) is 51.9 Å². The van der Waals surface area contributed by atoms with E-state index in [1.807, 2.05) is 31.3 Å². The average Bonchev–Trinajstić information content (AvgIpc) is 3.16. The first-order valence-electron chi connectivity index (χ1n) is 11.8. The number of furan rings is 1. The van der Waals surface area contributed by atoms with Crippen LogP contribution < -0.4 is 16.0 Å². The fourth-order valence-electron chi connectivity index (χ4n) is 4.16. The number of anilines is 1. The fourth-order valence-corrected chi connectivity index (χ4v) is 4.55. The standard InChI is InChI=1S/C26H26Cl2N6O3/c1-16-11-18-12-19(8-9-22(18)37-16)32-26(31-15-29)33-21-7-2-3-10-34(25(21)36)14-23(35)30-13-17-5-4-6-20(27)24(17)28/h4-6,8-9,11-12,21H,2-3,7,10,13-14H2,1H3,(H,30,35)(H2,31,32,33). The number of hydrogen-bond acceptors (Lipinski definition) is 5. The normalized spacial score (nSPS) is 16.3. The van der Waals surface area contributed by atoms with Gasteiger partial charge in [0.25, 0.3) is 0 Å². The zero-order valence-corrected chi connectivity index (χ0v) is 21.7. The Morgan fingerprint density at radius 3 is 2.89 bits per heavy atom. The first-order valence-corrected chi connectivity index (χ1v) is 12.6. The molecular weight excluding hydrogens is 515 g/mol. The lowest BCUT2D eigenvalue weighted by atomic mass is 10.1. The Morgan fingerprint density at radius 1 is 1.24 bits per heavy atom. The van der Waals surface area contributed by atoms with Crippen molar-refractivity contribution in [2.75, 3.05) is 18.4 Å². The Morgan fingerprint density at radius 2 is 2.08 bits per heavy atom. The van der Waals surface area contributed by atoms with Crippen molar-refractivity contribution in [1.82, 2.24) is 15.5 Å². The molecular formula is C26H26Cl2N6O3. The molecule has 0 aliphatic carbocycles. The van der Waals surface area contributed by atoms with Gasteiger partial charge in [0.2, 0.25) is 17.8 Å². The molecule has 192 valence electrons. The van der Waals surface area contributed by atoms with Gasteiger partial charge >= 0.3 is 0 Å². The molecule has 3 aromatic rings. The molecule has 0 saturated carbocycles. The van der Waals surface area contributed by atoms with E-state index in [0.717, 1.165) is 29.6 Å². The van der Waals surface area contributed by atoms with Crippen molar-refractivity contribution in [3.63, 3.8) is 0 Å². The third-order valence-electron chi connectivity index (χ3n) is 5.96. The third-order valence-corrected chi connectivity index (χ3v) is 6.81. The van der Waals surface area contributed by atoms with E-state index in [4.69, 9.17) is 27.6 Å². The molecule has 9 nitrogen and oxygen atoms in total. The average molecular weight is 541 g/mol. The largest absolute Gasteiger partial charge is 0.461 e. The SMILES string of the molecule is Cc1cc2cc(NC(=NC3CCCCN(CC(=O)NCc4cccc(Cl)c4Cl)C3=O)NC#N)ccc2o1. The van der Waals surface area contributed by atoms with E-state index in [9.17, 15) is 14.9 Å². The quantitative estimate of drug-likeness (QED) is 0.182. The van der Waals surface area contributed by atoms with E-state index in [-0.39, 0.29) is 30.9 Å². The van der Waals surface area contributed by atoms with Gasteiger partial charge in [-0.3, -0.25) is 14.9 Å². The van der Waals surface area contributed by atoms with Gasteiger partial charge in [0.05, 0.1) is 16.6 Å². The highest BCUT2D eigenvalue weighted by atomic mass is 35.5. The number of nitrogens with zero attached hydrogens (tertiary/aromatic N) is 3. The second kappa shape index (κ2) is 12.0. The maximum atomic E-state index is 13.3. The fraction of sp³-hybridized carbons (Fsp3) is 0.308. The zero-order chi connectivity index (χ0) is 26.4. The van der Waals surface area contributed by atoms with E-state index in [0.29, 0.717) is 34.3 Å². The molecule has 0 bridgehead atoms. The maximum Gasteiger partial charge on any atom is 0.247 e. The summed E-state index contributed by atoms with van der Waals surface area (Å²) in [7, 11) is 0. The number of fused-ring (bicyclic) bond motifs is 1. The molecule has 0 radical (unpaired) electrons. The second-order valence-electron chi connectivity index (χ2n) is 8.71. The summed E-state index contributed by atoms with van der Waals surface area (Å²) in [6, 6.07) is 11.9. The van der Waals surface area contributed by atoms with Gasteiger partial charge in [0, 0.05) is 24.2 Å². The number of hydrogen-bond donors (Lipinski definition) is 3. The Hall–Kier alpha value is -3.74. The molecule has 1 atom stereocenters. The summed E-state index contributed by atoms with van der Waals surface area (Å²) in [6.07, 6.45) is 3.88. The number of amides is 2. The summed E-state index contributed by atoms with van der Waals surface area (Å²) >= 11 is 12.2. The smallest absolute Gasteiger partial charge is 0.247 e. The highest BCUT2D eigenvalue weighted by Crippen LogP contribution is 2.25. The van der Waals surface area contributed by atoms with Gasteiger partial charge in [-0.25, -0.2) is 4.99 Å². The molecule has 37 heavy (non-hydrogen) atoms. The summed E-state index contributed by atoms with van der Waals surface area (Å²) in [5, 5.41) is 19.3. The van der Waals surface area contributed by atoms with Gasteiger partial charge in [-0.1, -0.05) is 35.3 Å². The number of guanidine groups is 1. The molecule has 2 heterocycles. The van der Waals surface area contributed by atoms with Crippen molar-refractivity contribution < 1.29 is 14.0 Å². The first-order chi connectivity index (χ1) is 17.8. The van der Waals surface area contributed by atoms with Gasteiger partial charge in [-0.15, -0.1) is 0 Å². The Labute approximate surface area is 224 Å². The highest BCUT2D eigenvalue weighted by Gasteiger charge is 2.28. The summed E-state index contributed by atoms with van der Waals surface area (Å²) in [5.41, 5.74) is 2.13. The summed E-state index contributed by atoms with van der Waals surface area (Å²) in [6.45, 7) is 2.41. The number of benzene rings is 2. The van der Waals surface area contributed by atoms with Crippen LogP contribution in [0.4, 0.5) is 5.69 Å². The number of rotatable bonds is 6. The number of carbonyl (C=O) groups excluding carboxylic acids is 2. The lowest BCUT2D eigenvalue weighted by molar-refractivity contribution is -0.136.